The smallest absolute Gasteiger partial charge is 0.255 e. The minimum Gasteiger partial charge on any atom is -0.323 e. The fraction of sp³-hybridized carbons (Fsp3) is 0.0400. The van der Waals surface area contributed by atoms with Crippen molar-refractivity contribution in [1.29, 1.82) is 0 Å². The van der Waals surface area contributed by atoms with Crippen molar-refractivity contribution in [2.24, 2.45) is 0 Å². The molecule has 0 radical (unpaired) electrons. The van der Waals surface area contributed by atoms with E-state index in [-0.39, 0.29) is 36.5 Å². The van der Waals surface area contributed by atoms with Crippen LogP contribution in [-0.4, -0.2) is 22.7 Å². The van der Waals surface area contributed by atoms with Gasteiger partial charge in [0.2, 0.25) is 11.8 Å². The topological polar surface area (TPSA) is 91.4 Å². The number of hydrogen-bond acceptors (Lipinski definition) is 4. The number of anilines is 4. The molecule has 0 spiro atoms. The summed E-state index contributed by atoms with van der Waals surface area (Å²) in [6, 6.07) is 21.7. The van der Waals surface area contributed by atoms with Gasteiger partial charge in [0.15, 0.2) is 0 Å². The highest BCUT2D eigenvalue weighted by atomic mass is 35.5. The first-order valence-corrected chi connectivity index (χ1v) is 10.1. The van der Waals surface area contributed by atoms with E-state index < -0.39 is 0 Å². The minimum absolute atomic E-state index is 0. The van der Waals surface area contributed by atoms with Crippen LogP contribution < -0.4 is 15.5 Å². The molecular formula is C25H19ClN4O3. The molecule has 8 heteroatoms. The summed E-state index contributed by atoms with van der Waals surface area (Å²) in [6.07, 6.45) is 2.85. The Morgan fingerprint density at radius 2 is 1.64 bits per heavy atom. The number of rotatable bonds is 3. The summed E-state index contributed by atoms with van der Waals surface area (Å²) < 4.78 is 0. The normalized spacial score (nSPS) is 12.9. The number of nitrogens with zero attached hydrogens (tertiary/aromatic N) is 2. The predicted octanol–water partition coefficient (Wildman–Crippen LogP) is 4.92. The van der Waals surface area contributed by atoms with Crippen molar-refractivity contribution in [2.75, 3.05) is 15.5 Å². The van der Waals surface area contributed by atoms with E-state index in [0.29, 0.717) is 28.3 Å². The van der Waals surface area contributed by atoms with Gasteiger partial charge in [0.05, 0.1) is 11.4 Å². The molecule has 0 fully saturated rings. The van der Waals surface area contributed by atoms with Gasteiger partial charge in [0.1, 0.15) is 6.42 Å². The van der Waals surface area contributed by atoms with Crippen molar-refractivity contribution in [2.45, 2.75) is 6.42 Å². The maximum atomic E-state index is 13.0. The molecule has 3 aromatic carbocycles. The summed E-state index contributed by atoms with van der Waals surface area (Å²) in [5.74, 6) is -0.931. The molecule has 0 saturated carbocycles. The number of nitrogens with one attached hydrogen (secondary N) is 2. The van der Waals surface area contributed by atoms with Crippen molar-refractivity contribution >= 4 is 63.7 Å². The van der Waals surface area contributed by atoms with E-state index in [2.05, 4.69) is 15.6 Å². The van der Waals surface area contributed by atoms with E-state index >= 15 is 0 Å². The number of aromatic nitrogens is 1. The number of amides is 3. The van der Waals surface area contributed by atoms with Gasteiger partial charge in [0.25, 0.3) is 5.91 Å². The number of halogens is 1. The van der Waals surface area contributed by atoms with E-state index in [1.807, 2.05) is 36.4 Å². The molecule has 0 atom stereocenters. The lowest BCUT2D eigenvalue weighted by molar-refractivity contribution is -0.124. The maximum absolute atomic E-state index is 13.0. The molecule has 1 aliphatic rings. The fourth-order valence-corrected chi connectivity index (χ4v) is 3.80. The second kappa shape index (κ2) is 9.10. The van der Waals surface area contributed by atoms with Crippen LogP contribution in [0.4, 0.5) is 22.7 Å². The number of benzene rings is 3. The first-order valence-electron chi connectivity index (χ1n) is 10.1. The molecule has 2 N–H and O–H groups in total. The highest BCUT2D eigenvalue weighted by Gasteiger charge is 2.28. The first kappa shape index (κ1) is 22.0. The molecule has 0 bridgehead atoms. The number of fused-ring (bicyclic) bond motifs is 3. The van der Waals surface area contributed by atoms with Gasteiger partial charge in [0, 0.05) is 34.7 Å². The SMILES string of the molecule is Cl.O=C1CC(=O)N(c2ccc(NC(=O)c3ccncc3)cc2)c2ccc3ccccc3c2N1. The highest BCUT2D eigenvalue weighted by molar-refractivity contribution is 6.21. The molecule has 164 valence electrons. The summed E-state index contributed by atoms with van der Waals surface area (Å²) >= 11 is 0. The molecule has 4 aromatic rings. The van der Waals surface area contributed by atoms with Gasteiger partial charge in [-0.25, -0.2) is 0 Å². The van der Waals surface area contributed by atoms with Crippen LogP contribution in [-0.2, 0) is 9.59 Å². The lowest BCUT2D eigenvalue weighted by atomic mass is 10.1. The molecule has 5 rings (SSSR count). The van der Waals surface area contributed by atoms with Crippen LogP contribution in [0, 0.1) is 0 Å². The summed E-state index contributed by atoms with van der Waals surface area (Å²) in [5.41, 5.74) is 2.90. The molecule has 0 unspecified atom stereocenters. The molecular weight excluding hydrogens is 440 g/mol. The molecule has 1 aliphatic heterocycles. The Labute approximate surface area is 195 Å². The van der Waals surface area contributed by atoms with Gasteiger partial charge < -0.3 is 10.6 Å². The molecule has 0 aliphatic carbocycles. The average Bonchev–Trinajstić information content (AvgIpc) is 2.95. The highest BCUT2D eigenvalue weighted by Crippen LogP contribution is 2.40. The van der Waals surface area contributed by atoms with Crippen LogP contribution in [0.15, 0.2) is 85.2 Å². The Morgan fingerprint density at radius 3 is 2.39 bits per heavy atom. The van der Waals surface area contributed by atoms with Gasteiger partial charge in [-0.3, -0.25) is 24.3 Å². The Kier molecular flexibility index (Phi) is 6.06. The fourth-order valence-electron chi connectivity index (χ4n) is 3.80. The van der Waals surface area contributed by atoms with Crippen LogP contribution >= 0.6 is 12.4 Å². The van der Waals surface area contributed by atoms with Crippen molar-refractivity contribution < 1.29 is 14.4 Å². The summed E-state index contributed by atoms with van der Waals surface area (Å²) in [6.45, 7) is 0. The zero-order chi connectivity index (χ0) is 22.1. The molecule has 0 saturated heterocycles. The third-order valence-corrected chi connectivity index (χ3v) is 5.30. The Bertz CT molecular complexity index is 1360. The van der Waals surface area contributed by atoms with Gasteiger partial charge in [-0.2, -0.15) is 0 Å². The van der Waals surface area contributed by atoms with Crippen molar-refractivity contribution in [3.05, 3.63) is 90.8 Å². The summed E-state index contributed by atoms with van der Waals surface area (Å²) in [7, 11) is 0. The van der Waals surface area contributed by atoms with Crippen LogP contribution in [0.5, 0.6) is 0 Å². The van der Waals surface area contributed by atoms with Crippen molar-refractivity contribution in [1.82, 2.24) is 4.98 Å². The third-order valence-electron chi connectivity index (χ3n) is 5.30. The monoisotopic (exact) mass is 458 g/mol. The lowest BCUT2D eigenvalue weighted by Crippen LogP contribution is -2.26. The number of pyridine rings is 1. The van der Waals surface area contributed by atoms with E-state index in [9.17, 15) is 14.4 Å². The van der Waals surface area contributed by atoms with E-state index in [4.69, 9.17) is 0 Å². The van der Waals surface area contributed by atoms with E-state index in [0.717, 1.165) is 10.8 Å². The van der Waals surface area contributed by atoms with Gasteiger partial charge in [-0.05, 0) is 47.9 Å². The van der Waals surface area contributed by atoms with E-state index in [1.165, 1.54) is 4.90 Å². The van der Waals surface area contributed by atoms with E-state index in [1.54, 1.807) is 48.8 Å². The van der Waals surface area contributed by atoms with Crippen molar-refractivity contribution in [3.63, 3.8) is 0 Å². The maximum Gasteiger partial charge on any atom is 0.255 e. The lowest BCUT2D eigenvalue weighted by Gasteiger charge is -2.23. The van der Waals surface area contributed by atoms with Gasteiger partial charge in [-0.1, -0.05) is 30.3 Å². The molecule has 2 heterocycles. The van der Waals surface area contributed by atoms with Gasteiger partial charge in [-0.15, -0.1) is 12.4 Å². The number of carbonyl (C=O) groups excluding carboxylic acids is 3. The average molecular weight is 459 g/mol. The zero-order valence-corrected chi connectivity index (χ0v) is 18.1. The Morgan fingerprint density at radius 1 is 0.909 bits per heavy atom. The molecule has 33 heavy (non-hydrogen) atoms. The largest absolute Gasteiger partial charge is 0.323 e. The number of hydrogen-bond donors (Lipinski definition) is 2. The second-order valence-electron chi connectivity index (χ2n) is 7.37. The standard InChI is InChI=1S/C25H18N4O3.ClH/c30-22-15-23(31)29(21-10-5-16-3-1-2-4-20(16)24(21)28-22)19-8-6-18(7-9-19)27-25(32)17-11-13-26-14-12-17;/h1-14H,15H2,(H,27,32)(H,28,30);1H. The Balaban J connectivity index is 0.00000259. The van der Waals surface area contributed by atoms with Crippen LogP contribution in [0.1, 0.15) is 16.8 Å². The number of carbonyl (C=O) groups is 3. The Hall–Kier alpha value is -4.23. The van der Waals surface area contributed by atoms with Crippen LogP contribution in [0.2, 0.25) is 0 Å². The van der Waals surface area contributed by atoms with Crippen molar-refractivity contribution in [3.8, 4) is 0 Å². The molecule has 1 aromatic heterocycles. The molecule has 7 nitrogen and oxygen atoms in total. The molecule has 3 amide bonds. The summed E-state index contributed by atoms with van der Waals surface area (Å²) in [5, 5.41) is 7.54. The second-order valence-corrected chi connectivity index (χ2v) is 7.37. The van der Waals surface area contributed by atoms with Gasteiger partial charge >= 0.3 is 0 Å². The quantitative estimate of drug-likeness (QED) is 0.426. The first-order chi connectivity index (χ1) is 15.6. The van der Waals surface area contributed by atoms with Crippen LogP contribution in [0.3, 0.4) is 0 Å². The summed E-state index contributed by atoms with van der Waals surface area (Å²) in [4.78, 5) is 43.2. The predicted molar refractivity (Wildman–Crippen MR) is 130 cm³/mol. The van der Waals surface area contributed by atoms with Crippen LogP contribution in [0.25, 0.3) is 10.8 Å². The minimum atomic E-state index is -0.351. The zero-order valence-electron chi connectivity index (χ0n) is 17.3. The third kappa shape index (κ3) is 4.26.